The fourth-order valence-electron chi connectivity index (χ4n) is 2.11. The average Bonchev–Trinajstić information content (AvgIpc) is 2.52. The number of rotatable bonds is 5. The molecule has 0 saturated carbocycles. The van der Waals surface area contributed by atoms with E-state index in [9.17, 15) is 4.79 Å². The summed E-state index contributed by atoms with van der Waals surface area (Å²) in [6.45, 7) is 6.09. The third-order valence-corrected chi connectivity index (χ3v) is 3.23. The molecule has 2 aromatic rings. The fourth-order valence-corrected chi connectivity index (χ4v) is 2.11. The van der Waals surface area contributed by atoms with Crippen LogP contribution in [0.2, 0.25) is 0 Å². The summed E-state index contributed by atoms with van der Waals surface area (Å²) >= 11 is 0. The van der Waals surface area contributed by atoms with E-state index in [1.165, 1.54) is 5.56 Å². The summed E-state index contributed by atoms with van der Waals surface area (Å²) in [5.41, 5.74) is 3.30. The molecule has 2 rings (SSSR count). The van der Waals surface area contributed by atoms with Crippen molar-refractivity contribution in [2.24, 2.45) is 0 Å². The van der Waals surface area contributed by atoms with Crippen molar-refractivity contribution in [2.45, 2.75) is 13.0 Å². The number of carbonyl (C=O) groups excluding carboxylic acids is 1. The highest BCUT2D eigenvalue weighted by Gasteiger charge is 2.16. The quantitative estimate of drug-likeness (QED) is 0.808. The standard InChI is InChI=1S/C18H20N2O/c1-3-13-19-18(21)20-17(15-7-5-4-6-8-15)16-11-9-14(2)10-12-16/h3-12,17H,1,13H2,2H3,(H2,19,20,21). The van der Waals surface area contributed by atoms with Gasteiger partial charge in [0.1, 0.15) is 0 Å². The molecule has 2 amide bonds. The number of benzene rings is 2. The SMILES string of the molecule is C=CCNC(=O)NC(c1ccccc1)c1ccc(C)cc1. The Hall–Kier alpha value is -2.55. The molecule has 108 valence electrons. The van der Waals surface area contributed by atoms with Crippen LogP contribution < -0.4 is 10.6 Å². The molecule has 0 fully saturated rings. The predicted molar refractivity (Wildman–Crippen MR) is 86.2 cm³/mol. The van der Waals surface area contributed by atoms with E-state index in [1.807, 2.05) is 49.4 Å². The highest BCUT2D eigenvalue weighted by atomic mass is 16.2. The van der Waals surface area contributed by atoms with Crippen LogP contribution in [0.3, 0.4) is 0 Å². The molecule has 2 N–H and O–H groups in total. The molecule has 0 heterocycles. The Morgan fingerprint density at radius 3 is 2.33 bits per heavy atom. The number of hydrogen-bond donors (Lipinski definition) is 2. The Morgan fingerprint density at radius 1 is 1.10 bits per heavy atom. The van der Waals surface area contributed by atoms with Crippen LogP contribution in [-0.2, 0) is 0 Å². The predicted octanol–water partition coefficient (Wildman–Crippen LogP) is 3.57. The molecule has 1 atom stereocenters. The van der Waals surface area contributed by atoms with Gasteiger partial charge in [-0.05, 0) is 18.1 Å². The van der Waals surface area contributed by atoms with Crippen LogP contribution in [0.15, 0.2) is 67.3 Å². The van der Waals surface area contributed by atoms with Gasteiger partial charge in [-0.1, -0.05) is 66.2 Å². The first-order valence-corrected chi connectivity index (χ1v) is 6.97. The van der Waals surface area contributed by atoms with Gasteiger partial charge in [-0.2, -0.15) is 0 Å². The monoisotopic (exact) mass is 280 g/mol. The Morgan fingerprint density at radius 2 is 1.71 bits per heavy atom. The van der Waals surface area contributed by atoms with Crippen molar-refractivity contribution in [3.8, 4) is 0 Å². The molecule has 0 aliphatic rings. The van der Waals surface area contributed by atoms with Gasteiger partial charge in [0.15, 0.2) is 0 Å². The zero-order valence-electron chi connectivity index (χ0n) is 12.2. The van der Waals surface area contributed by atoms with Gasteiger partial charge in [-0.3, -0.25) is 0 Å². The Bertz CT molecular complexity index is 590. The number of hydrogen-bond acceptors (Lipinski definition) is 1. The third-order valence-electron chi connectivity index (χ3n) is 3.23. The summed E-state index contributed by atoms with van der Waals surface area (Å²) in [6.07, 6.45) is 1.66. The molecular weight excluding hydrogens is 260 g/mol. The number of nitrogens with one attached hydrogen (secondary N) is 2. The maximum Gasteiger partial charge on any atom is 0.315 e. The second kappa shape index (κ2) is 7.29. The Labute approximate surface area is 125 Å². The van der Waals surface area contributed by atoms with Crippen molar-refractivity contribution in [2.75, 3.05) is 6.54 Å². The van der Waals surface area contributed by atoms with Crippen molar-refractivity contribution < 1.29 is 4.79 Å². The number of amides is 2. The zero-order chi connectivity index (χ0) is 15.1. The van der Waals surface area contributed by atoms with Crippen LogP contribution in [0.5, 0.6) is 0 Å². The highest BCUT2D eigenvalue weighted by Crippen LogP contribution is 2.22. The molecular formula is C18H20N2O. The molecule has 0 aliphatic heterocycles. The lowest BCUT2D eigenvalue weighted by Gasteiger charge is -2.20. The third kappa shape index (κ3) is 4.21. The fraction of sp³-hybridized carbons (Fsp3) is 0.167. The van der Waals surface area contributed by atoms with E-state index in [1.54, 1.807) is 6.08 Å². The maximum absolute atomic E-state index is 12.0. The van der Waals surface area contributed by atoms with Gasteiger partial charge >= 0.3 is 6.03 Å². The van der Waals surface area contributed by atoms with Crippen LogP contribution in [0, 0.1) is 6.92 Å². The topological polar surface area (TPSA) is 41.1 Å². The molecule has 3 nitrogen and oxygen atoms in total. The first-order valence-electron chi connectivity index (χ1n) is 6.97. The second-order valence-corrected chi connectivity index (χ2v) is 4.90. The second-order valence-electron chi connectivity index (χ2n) is 4.90. The van der Waals surface area contributed by atoms with Crippen LogP contribution in [0.1, 0.15) is 22.7 Å². The van der Waals surface area contributed by atoms with Crippen LogP contribution >= 0.6 is 0 Å². The molecule has 0 aromatic heterocycles. The molecule has 21 heavy (non-hydrogen) atoms. The van der Waals surface area contributed by atoms with Gasteiger partial charge in [0.2, 0.25) is 0 Å². The molecule has 0 bridgehead atoms. The summed E-state index contributed by atoms with van der Waals surface area (Å²) in [4.78, 5) is 12.0. The minimum absolute atomic E-state index is 0.170. The van der Waals surface area contributed by atoms with Gasteiger partial charge in [-0.25, -0.2) is 4.79 Å². The first kappa shape index (κ1) is 14.9. The minimum Gasteiger partial charge on any atom is -0.335 e. The molecule has 0 aliphatic carbocycles. The van der Waals surface area contributed by atoms with E-state index in [2.05, 4.69) is 29.3 Å². The number of carbonyl (C=O) groups is 1. The van der Waals surface area contributed by atoms with Gasteiger partial charge in [-0.15, -0.1) is 6.58 Å². The van der Waals surface area contributed by atoms with Gasteiger partial charge in [0, 0.05) is 6.54 Å². The van der Waals surface area contributed by atoms with Crippen molar-refractivity contribution in [3.63, 3.8) is 0 Å². The van der Waals surface area contributed by atoms with Gasteiger partial charge in [0.25, 0.3) is 0 Å². The van der Waals surface area contributed by atoms with E-state index < -0.39 is 0 Å². The maximum atomic E-state index is 12.0. The number of aryl methyl sites for hydroxylation is 1. The Balaban J connectivity index is 2.24. The van der Waals surface area contributed by atoms with Crippen LogP contribution in [-0.4, -0.2) is 12.6 Å². The normalized spacial score (nSPS) is 11.5. The van der Waals surface area contributed by atoms with Gasteiger partial charge < -0.3 is 10.6 Å². The van der Waals surface area contributed by atoms with E-state index in [0.717, 1.165) is 11.1 Å². The summed E-state index contributed by atoms with van der Waals surface area (Å²) in [6, 6.07) is 17.7. The largest absolute Gasteiger partial charge is 0.335 e. The summed E-state index contributed by atoms with van der Waals surface area (Å²) in [5.74, 6) is 0. The highest BCUT2D eigenvalue weighted by molar-refractivity contribution is 5.75. The minimum atomic E-state index is -0.204. The van der Waals surface area contributed by atoms with E-state index >= 15 is 0 Å². The summed E-state index contributed by atoms with van der Waals surface area (Å²) in [5, 5.41) is 5.75. The summed E-state index contributed by atoms with van der Waals surface area (Å²) < 4.78 is 0. The molecule has 0 spiro atoms. The first-order chi connectivity index (χ1) is 10.2. The summed E-state index contributed by atoms with van der Waals surface area (Å²) in [7, 11) is 0. The molecule has 3 heteroatoms. The van der Waals surface area contributed by atoms with Crippen LogP contribution in [0.4, 0.5) is 4.79 Å². The average molecular weight is 280 g/mol. The Kier molecular flexibility index (Phi) is 5.16. The van der Waals surface area contributed by atoms with E-state index in [4.69, 9.17) is 0 Å². The van der Waals surface area contributed by atoms with E-state index in [-0.39, 0.29) is 12.1 Å². The van der Waals surface area contributed by atoms with Crippen molar-refractivity contribution in [1.82, 2.24) is 10.6 Å². The van der Waals surface area contributed by atoms with Crippen molar-refractivity contribution >= 4 is 6.03 Å². The lowest BCUT2D eigenvalue weighted by atomic mass is 9.98. The smallest absolute Gasteiger partial charge is 0.315 e. The molecule has 0 saturated heterocycles. The number of urea groups is 1. The molecule has 0 radical (unpaired) electrons. The molecule has 1 unspecified atom stereocenters. The molecule has 2 aromatic carbocycles. The lowest BCUT2D eigenvalue weighted by molar-refractivity contribution is 0.239. The van der Waals surface area contributed by atoms with Gasteiger partial charge in [0.05, 0.1) is 6.04 Å². The lowest BCUT2D eigenvalue weighted by Crippen LogP contribution is -2.38. The van der Waals surface area contributed by atoms with E-state index in [0.29, 0.717) is 6.54 Å². The van der Waals surface area contributed by atoms with Crippen LogP contribution in [0.25, 0.3) is 0 Å². The zero-order valence-corrected chi connectivity index (χ0v) is 12.2. The van der Waals surface area contributed by atoms with Crippen molar-refractivity contribution in [3.05, 3.63) is 83.9 Å². The van der Waals surface area contributed by atoms with Crippen molar-refractivity contribution in [1.29, 1.82) is 0 Å².